The van der Waals surface area contributed by atoms with E-state index < -0.39 is 11.2 Å². The maximum atomic E-state index is 12.6. The molecule has 1 amide bonds. The number of nitrogens with one attached hydrogen (secondary N) is 1. The van der Waals surface area contributed by atoms with Crippen molar-refractivity contribution in [1.29, 1.82) is 0 Å². The third-order valence-electron chi connectivity index (χ3n) is 4.42. The zero-order valence-electron chi connectivity index (χ0n) is 16.7. The van der Waals surface area contributed by atoms with Crippen LogP contribution in [0.3, 0.4) is 0 Å². The van der Waals surface area contributed by atoms with Gasteiger partial charge in [0.05, 0.1) is 10.7 Å². The van der Waals surface area contributed by atoms with Gasteiger partial charge in [0, 0.05) is 26.1 Å². The van der Waals surface area contributed by atoms with Gasteiger partial charge in [-0.1, -0.05) is 35.0 Å². The van der Waals surface area contributed by atoms with Crippen LogP contribution in [0.2, 0.25) is 5.02 Å². The number of rotatable bonds is 6. The summed E-state index contributed by atoms with van der Waals surface area (Å²) in [6.45, 7) is 0. The molecule has 1 aromatic carbocycles. The minimum Gasteiger partial charge on any atom is -0.339 e. The molecule has 0 spiro atoms. The van der Waals surface area contributed by atoms with Crippen molar-refractivity contribution in [3.8, 4) is 17.2 Å². The number of anilines is 1. The lowest BCUT2D eigenvalue weighted by Gasteiger charge is -2.07. The van der Waals surface area contributed by atoms with Gasteiger partial charge in [-0.15, -0.1) is 0 Å². The first-order valence-corrected chi connectivity index (χ1v) is 9.80. The van der Waals surface area contributed by atoms with Crippen LogP contribution in [0.5, 0.6) is 0 Å². The van der Waals surface area contributed by atoms with Gasteiger partial charge in [0.1, 0.15) is 5.82 Å². The molecule has 4 rings (SSSR count). The molecule has 0 bridgehead atoms. The van der Waals surface area contributed by atoms with Crippen molar-refractivity contribution in [2.45, 2.75) is 12.8 Å². The fourth-order valence-corrected chi connectivity index (χ4v) is 2.89. The van der Waals surface area contributed by atoms with Gasteiger partial charge in [0.2, 0.25) is 17.6 Å². The van der Waals surface area contributed by atoms with E-state index in [9.17, 15) is 14.4 Å². The van der Waals surface area contributed by atoms with Crippen LogP contribution in [0.4, 0.5) is 5.82 Å². The molecule has 32 heavy (non-hydrogen) atoms. The van der Waals surface area contributed by atoms with Gasteiger partial charge in [-0.2, -0.15) is 14.8 Å². The molecule has 11 nitrogen and oxygen atoms in total. The summed E-state index contributed by atoms with van der Waals surface area (Å²) >= 11 is 5.77. The molecule has 0 radical (unpaired) electrons. The number of halogens is 1. The van der Waals surface area contributed by atoms with Crippen LogP contribution in [0.25, 0.3) is 17.2 Å². The summed E-state index contributed by atoms with van der Waals surface area (Å²) < 4.78 is 7.15. The van der Waals surface area contributed by atoms with Gasteiger partial charge in [-0.05, 0) is 24.3 Å². The smallest absolute Gasteiger partial charge is 0.339 e. The lowest BCUT2D eigenvalue weighted by molar-refractivity contribution is -0.116. The minimum absolute atomic E-state index is 0.0426. The van der Waals surface area contributed by atoms with Crippen molar-refractivity contribution in [3.05, 3.63) is 80.4 Å². The first-order valence-electron chi connectivity index (χ1n) is 9.42. The number of carbonyl (C=O) groups excluding carboxylic acids is 1. The number of hydrogen-bond donors (Lipinski definition) is 1. The van der Waals surface area contributed by atoms with Gasteiger partial charge in [0.25, 0.3) is 5.56 Å². The number of benzene rings is 1. The van der Waals surface area contributed by atoms with E-state index in [0.717, 1.165) is 9.25 Å². The average molecular weight is 454 g/mol. The topological polar surface area (TPSA) is 138 Å². The largest absolute Gasteiger partial charge is 0.351 e. The van der Waals surface area contributed by atoms with Gasteiger partial charge in [-0.25, -0.2) is 9.78 Å². The zero-order valence-corrected chi connectivity index (χ0v) is 17.5. The van der Waals surface area contributed by atoms with Gasteiger partial charge in [-0.3, -0.25) is 14.2 Å². The summed E-state index contributed by atoms with van der Waals surface area (Å²) in [6, 6.07) is 11.8. The third kappa shape index (κ3) is 4.47. The van der Waals surface area contributed by atoms with E-state index in [0.29, 0.717) is 16.5 Å². The van der Waals surface area contributed by atoms with Crippen LogP contribution in [0.15, 0.2) is 62.8 Å². The van der Waals surface area contributed by atoms with E-state index >= 15 is 0 Å². The summed E-state index contributed by atoms with van der Waals surface area (Å²) in [4.78, 5) is 45.3. The molecule has 0 aliphatic heterocycles. The first-order chi connectivity index (χ1) is 15.4. The van der Waals surface area contributed by atoms with Crippen molar-refractivity contribution in [2.75, 3.05) is 5.32 Å². The Labute approximate surface area is 185 Å². The number of hydrogen-bond acceptors (Lipinski definition) is 8. The summed E-state index contributed by atoms with van der Waals surface area (Å²) in [7, 11) is 1.34. The number of pyridine rings is 1. The lowest BCUT2D eigenvalue weighted by Crippen LogP contribution is -2.40. The Morgan fingerprint density at radius 1 is 1.16 bits per heavy atom. The molecule has 162 valence electrons. The number of aryl methyl sites for hydroxylation is 1. The highest BCUT2D eigenvalue weighted by Crippen LogP contribution is 2.12. The maximum Gasteiger partial charge on any atom is 0.351 e. The average Bonchev–Trinajstić information content (AvgIpc) is 3.27. The Balaban J connectivity index is 1.52. The number of nitrogens with zero attached hydrogens (tertiary/aromatic N) is 6. The minimum atomic E-state index is -0.666. The van der Waals surface area contributed by atoms with Crippen molar-refractivity contribution in [1.82, 2.24) is 29.5 Å². The van der Waals surface area contributed by atoms with Crippen molar-refractivity contribution < 1.29 is 9.32 Å². The number of aromatic nitrogens is 6. The zero-order chi connectivity index (χ0) is 22.7. The van der Waals surface area contributed by atoms with E-state index in [4.69, 9.17) is 16.1 Å². The van der Waals surface area contributed by atoms with Crippen molar-refractivity contribution >= 4 is 23.3 Å². The Bertz CT molecular complexity index is 1380. The fraction of sp³-hybridized carbons (Fsp3) is 0.150. The van der Waals surface area contributed by atoms with Crippen LogP contribution in [0.1, 0.15) is 12.3 Å². The Morgan fingerprint density at radius 3 is 2.66 bits per heavy atom. The second-order valence-electron chi connectivity index (χ2n) is 6.66. The monoisotopic (exact) mass is 453 g/mol. The molecule has 3 aromatic heterocycles. The van der Waals surface area contributed by atoms with E-state index in [1.165, 1.54) is 13.2 Å². The molecule has 12 heteroatoms. The highest BCUT2D eigenvalue weighted by Gasteiger charge is 2.19. The molecule has 0 saturated heterocycles. The molecule has 0 saturated carbocycles. The summed E-state index contributed by atoms with van der Waals surface area (Å²) in [5.74, 6) is 0.110. The van der Waals surface area contributed by atoms with E-state index in [2.05, 4.69) is 25.5 Å². The van der Waals surface area contributed by atoms with Crippen molar-refractivity contribution in [3.63, 3.8) is 0 Å². The standard InChI is InChI=1S/C20H16ClN7O4/c1-27-19(30)17(25-28(20(27)31)13-5-3-2-4-6-13)18-24-16(32-26-18)10-9-15(29)23-14-8-7-12(21)11-22-14/h2-8,11H,9-10H2,1H3,(H,22,23,29). The predicted octanol–water partition coefficient (Wildman–Crippen LogP) is 1.60. The molecule has 4 aromatic rings. The van der Waals surface area contributed by atoms with Crippen LogP contribution < -0.4 is 16.6 Å². The number of para-hydroxylation sites is 1. The molecule has 0 aliphatic rings. The quantitative estimate of drug-likeness (QED) is 0.464. The van der Waals surface area contributed by atoms with Crippen LogP contribution >= 0.6 is 11.6 Å². The third-order valence-corrected chi connectivity index (χ3v) is 4.64. The lowest BCUT2D eigenvalue weighted by atomic mass is 10.3. The first kappa shape index (κ1) is 21.1. The van der Waals surface area contributed by atoms with E-state index in [1.807, 2.05) is 0 Å². The molecule has 0 fully saturated rings. The summed E-state index contributed by atoms with van der Waals surface area (Å²) in [5, 5.41) is 11.0. The Hall–Kier alpha value is -4.12. The molecule has 0 unspecified atom stereocenters. The van der Waals surface area contributed by atoms with Gasteiger partial charge >= 0.3 is 5.69 Å². The summed E-state index contributed by atoms with van der Waals surface area (Å²) in [6.07, 6.45) is 1.59. The van der Waals surface area contributed by atoms with Gasteiger partial charge in [0.15, 0.2) is 5.69 Å². The van der Waals surface area contributed by atoms with Crippen LogP contribution in [-0.2, 0) is 18.3 Å². The van der Waals surface area contributed by atoms with E-state index in [-0.39, 0.29) is 36.2 Å². The number of carbonyl (C=O) groups is 1. The molecule has 0 atom stereocenters. The second kappa shape index (κ2) is 8.94. The van der Waals surface area contributed by atoms with Crippen molar-refractivity contribution in [2.24, 2.45) is 7.05 Å². The second-order valence-corrected chi connectivity index (χ2v) is 7.10. The maximum absolute atomic E-state index is 12.6. The Kier molecular flexibility index (Phi) is 5.90. The fourth-order valence-electron chi connectivity index (χ4n) is 2.78. The molecular formula is C20H16ClN7O4. The predicted molar refractivity (Wildman–Crippen MR) is 115 cm³/mol. The van der Waals surface area contributed by atoms with E-state index in [1.54, 1.807) is 42.5 Å². The summed E-state index contributed by atoms with van der Waals surface area (Å²) in [5.41, 5.74) is -0.950. The SMILES string of the molecule is Cn1c(=O)c(-c2noc(CCC(=O)Nc3ccc(Cl)cn3)n2)nn(-c2ccccc2)c1=O. The highest BCUT2D eigenvalue weighted by atomic mass is 35.5. The molecule has 3 heterocycles. The Morgan fingerprint density at radius 2 is 1.94 bits per heavy atom. The molecular weight excluding hydrogens is 438 g/mol. The molecule has 1 N–H and O–H groups in total. The number of amides is 1. The van der Waals surface area contributed by atoms with Crippen LogP contribution in [-0.4, -0.2) is 35.4 Å². The van der Waals surface area contributed by atoms with Gasteiger partial charge < -0.3 is 9.84 Å². The molecule has 0 aliphatic carbocycles. The van der Waals surface area contributed by atoms with Crippen LogP contribution in [0, 0.1) is 0 Å². The normalized spacial score (nSPS) is 10.8. The highest BCUT2D eigenvalue weighted by molar-refractivity contribution is 6.30.